The molecule has 0 aliphatic carbocycles. The maximum atomic E-state index is 14.0. The van der Waals surface area contributed by atoms with Gasteiger partial charge in [0.15, 0.2) is 0 Å². The van der Waals surface area contributed by atoms with Crippen molar-refractivity contribution in [2.45, 2.75) is 12.8 Å². The molecule has 1 aromatic carbocycles. The predicted octanol–water partition coefficient (Wildman–Crippen LogP) is 2.71. The van der Waals surface area contributed by atoms with Gasteiger partial charge in [0.2, 0.25) is 17.0 Å². The summed E-state index contributed by atoms with van der Waals surface area (Å²) in [6.07, 6.45) is 5.20. The van der Waals surface area contributed by atoms with Crippen molar-refractivity contribution in [2.24, 2.45) is 0 Å². The lowest BCUT2D eigenvalue weighted by Gasteiger charge is -2.10. The molecule has 0 radical (unpaired) electrons. The summed E-state index contributed by atoms with van der Waals surface area (Å²) < 4.78 is 35.6. The molecule has 0 spiro atoms. The third-order valence-electron chi connectivity index (χ3n) is 3.79. The fourth-order valence-electron chi connectivity index (χ4n) is 2.56. The number of carbonyl (C=O) groups is 1. The maximum Gasteiger partial charge on any atom is 0.231 e. The Labute approximate surface area is 161 Å². The normalized spacial score (nSPS) is 12.3. The lowest BCUT2D eigenvalue weighted by atomic mass is 10.0. The highest BCUT2D eigenvalue weighted by atomic mass is 35.5. The summed E-state index contributed by atoms with van der Waals surface area (Å²) in [7, 11) is 0. The van der Waals surface area contributed by atoms with Crippen LogP contribution in [0.4, 0.5) is 4.39 Å². The number of fused-ring (bicyclic) bond motifs is 1. The standard InChI is InChI=1S/C17H14ClFN4O3S/c18-16-10(2-1-3-23-27(25)26)6-11(19)7-12(16)17(24)14-8-13-15(9-22-14)21-5-4-20-13/h4-9,23H,1-3H2,(H,25,26). The molecule has 0 saturated carbocycles. The summed E-state index contributed by atoms with van der Waals surface area (Å²) in [6.45, 7) is 0.240. The van der Waals surface area contributed by atoms with Gasteiger partial charge in [-0.3, -0.25) is 24.3 Å². The van der Waals surface area contributed by atoms with E-state index < -0.39 is 22.9 Å². The zero-order valence-corrected chi connectivity index (χ0v) is 15.4. The van der Waals surface area contributed by atoms with Crippen LogP contribution in [0.5, 0.6) is 0 Å². The van der Waals surface area contributed by atoms with E-state index in [1.54, 1.807) is 0 Å². The second kappa shape index (κ2) is 8.57. The van der Waals surface area contributed by atoms with E-state index in [4.69, 9.17) is 16.2 Å². The Morgan fingerprint density at radius 3 is 2.67 bits per heavy atom. The van der Waals surface area contributed by atoms with Gasteiger partial charge in [-0.1, -0.05) is 11.6 Å². The van der Waals surface area contributed by atoms with Crippen LogP contribution < -0.4 is 4.72 Å². The third-order valence-corrected chi connectivity index (χ3v) is 4.69. The van der Waals surface area contributed by atoms with Crippen molar-refractivity contribution in [3.8, 4) is 0 Å². The first kappa shape index (κ1) is 19.4. The van der Waals surface area contributed by atoms with Crippen molar-refractivity contribution in [3.05, 3.63) is 64.5 Å². The van der Waals surface area contributed by atoms with Crippen LogP contribution in [0.25, 0.3) is 11.0 Å². The summed E-state index contributed by atoms with van der Waals surface area (Å²) in [5, 5.41) is 0.132. The third kappa shape index (κ3) is 4.69. The minimum atomic E-state index is -2.11. The first-order valence-corrected chi connectivity index (χ1v) is 9.38. The minimum Gasteiger partial charge on any atom is -0.294 e. The number of rotatable bonds is 7. The molecule has 140 valence electrons. The highest BCUT2D eigenvalue weighted by molar-refractivity contribution is 7.77. The number of benzene rings is 1. The number of halogens is 2. The van der Waals surface area contributed by atoms with Crippen LogP contribution in [-0.2, 0) is 17.7 Å². The van der Waals surface area contributed by atoms with Crippen LogP contribution in [0.15, 0.2) is 36.8 Å². The molecular weight excluding hydrogens is 395 g/mol. The van der Waals surface area contributed by atoms with Crippen LogP contribution >= 0.6 is 11.6 Å². The van der Waals surface area contributed by atoms with E-state index in [1.165, 1.54) is 30.7 Å². The first-order valence-electron chi connectivity index (χ1n) is 7.89. The number of hydrogen-bond acceptors (Lipinski definition) is 5. The van der Waals surface area contributed by atoms with Gasteiger partial charge in [-0.2, -0.15) is 0 Å². The molecule has 0 aliphatic heterocycles. The fourth-order valence-corrected chi connectivity index (χ4v) is 3.17. The van der Waals surface area contributed by atoms with Gasteiger partial charge in [-0.05, 0) is 36.6 Å². The first-order chi connectivity index (χ1) is 13.0. The van der Waals surface area contributed by atoms with E-state index in [2.05, 4.69) is 19.7 Å². The molecule has 2 N–H and O–H groups in total. The van der Waals surface area contributed by atoms with Gasteiger partial charge in [0.25, 0.3) is 0 Å². The molecule has 27 heavy (non-hydrogen) atoms. The van der Waals surface area contributed by atoms with Crippen LogP contribution in [0.3, 0.4) is 0 Å². The summed E-state index contributed by atoms with van der Waals surface area (Å²) in [5.74, 6) is -1.13. The Balaban J connectivity index is 1.88. The average molecular weight is 409 g/mol. The molecule has 3 rings (SSSR count). The monoisotopic (exact) mass is 408 g/mol. The molecule has 0 fully saturated rings. The van der Waals surface area contributed by atoms with Gasteiger partial charge in [-0.15, -0.1) is 0 Å². The Morgan fingerprint density at radius 2 is 1.93 bits per heavy atom. The van der Waals surface area contributed by atoms with Crippen molar-refractivity contribution in [3.63, 3.8) is 0 Å². The van der Waals surface area contributed by atoms with Gasteiger partial charge >= 0.3 is 0 Å². The number of hydrogen-bond donors (Lipinski definition) is 2. The maximum absolute atomic E-state index is 14.0. The topological polar surface area (TPSA) is 105 Å². The van der Waals surface area contributed by atoms with Crippen molar-refractivity contribution >= 4 is 39.7 Å². The summed E-state index contributed by atoms with van der Waals surface area (Å²) in [4.78, 5) is 25.1. The van der Waals surface area contributed by atoms with Crippen molar-refractivity contribution < 1.29 is 17.9 Å². The molecular formula is C17H14ClFN4O3S. The largest absolute Gasteiger partial charge is 0.294 e. The summed E-state index contributed by atoms with van der Waals surface area (Å²) in [6, 6.07) is 3.79. The van der Waals surface area contributed by atoms with Gasteiger partial charge in [0, 0.05) is 24.5 Å². The van der Waals surface area contributed by atoms with Gasteiger partial charge < -0.3 is 0 Å². The number of aromatic nitrogens is 3. The molecule has 0 saturated heterocycles. The van der Waals surface area contributed by atoms with E-state index >= 15 is 0 Å². The highest BCUT2D eigenvalue weighted by Gasteiger charge is 2.19. The molecule has 7 nitrogen and oxygen atoms in total. The van der Waals surface area contributed by atoms with Crippen LogP contribution in [0.2, 0.25) is 5.02 Å². The number of ketones is 1. The van der Waals surface area contributed by atoms with Crippen LogP contribution in [0.1, 0.15) is 28.0 Å². The predicted molar refractivity (Wildman–Crippen MR) is 99.3 cm³/mol. The number of nitrogens with zero attached hydrogens (tertiary/aromatic N) is 3. The molecule has 1 unspecified atom stereocenters. The smallest absolute Gasteiger partial charge is 0.231 e. The van der Waals surface area contributed by atoms with Crippen molar-refractivity contribution in [1.82, 2.24) is 19.7 Å². The Morgan fingerprint density at radius 1 is 1.19 bits per heavy atom. The zero-order chi connectivity index (χ0) is 19.4. The number of carbonyl (C=O) groups excluding carboxylic acids is 1. The molecule has 0 aliphatic rings. The lowest BCUT2D eigenvalue weighted by molar-refractivity contribution is 0.103. The van der Waals surface area contributed by atoms with Gasteiger partial charge in [-0.25, -0.2) is 13.3 Å². The SMILES string of the molecule is O=C(c1cc2nccnc2cn1)c1cc(F)cc(CCCNS(=O)O)c1Cl. The van der Waals surface area contributed by atoms with E-state index in [-0.39, 0.29) is 22.8 Å². The molecule has 0 amide bonds. The second-order valence-electron chi connectivity index (χ2n) is 5.62. The molecule has 0 bridgehead atoms. The highest BCUT2D eigenvalue weighted by Crippen LogP contribution is 2.26. The van der Waals surface area contributed by atoms with E-state index in [1.807, 2.05) is 0 Å². The van der Waals surface area contributed by atoms with Crippen molar-refractivity contribution in [2.75, 3.05) is 6.54 Å². The summed E-state index contributed by atoms with van der Waals surface area (Å²) in [5.41, 5.74) is 1.55. The molecule has 10 heteroatoms. The molecule has 3 aromatic rings. The zero-order valence-electron chi connectivity index (χ0n) is 13.9. The quantitative estimate of drug-likeness (QED) is 0.354. The molecule has 2 heterocycles. The second-order valence-corrected chi connectivity index (χ2v) is 6.78. The van der Waals surface area contributed by atoms with E-state index in [0.29, 0.717) is 29.4 Å². The lowest BCUT2D eigenvalue weighted by Crippen LogP contribution is -2.18. The Bertz CT molecular complexity index is 1030. The fraction of sp³-hybridized carbons (Fsp3) is 0.176. The Hall–Kier alpha value is -2.33. The Kier molecular flexibility index (Phi) is 6.17. The minimum absolute atomic E-state index is 0.00102. The van der Waals surface area contributed by atoms with Gasteiger partial charge in [0.05, 0.1) is 16.7 Å². The average Bonchev–Trinajstić information content (AvgIpc) is 2.66. The van der Waals surface area contributed by atoms with E-state index in [9.17, 15) is 13.4 Å². The van der Waals surface area contributed by atoms with Gasteiger partial charge in [0.1, 0.15) is 17.0 Å². The number of aryl methyl sites for hydroxylation is 1. The van der Waals surface area contributed by atoms with Crippen LogP contribution in [-0.4, -0.2) is 36.0 Å². The molecule has 1 atom stereocenters. The van der Waals surface area contributed by atoms with E-state index in [0.717, 1.165) is 6.07 Å². The number of pyridine rings is 1. The summed E-state index contributed by atoms with van der Waals surface area (Å²) >= 11 is 4.20. The van der Waals surface area contributed by atoms with Crippen molar-refractivity contribution in [1.29, 1.82) is 0 Å². The number of nitrogens with one attached hydrogen (secondary N) is 1. The van der Waals surface area contributed by atoms with Crippen LogP contribution in [0, 0.1) is 5.82 Å². The molecule has 2 aromatic heterocycles.